The fraction of sp³-hybridized carbons (Fsp3) is 0.438. The summed E-state index contributed by atoms with van der Waals surface area (Å²) in [6.45, 7) is 2.08. The van der Waals surface area contributed by atoms with E-state index in [1.165, 1.54) is 0 Å². The monoisotopic (exact) mass is 254 g/mol. The molecule has 1 atom stereocenters. The van der Waals surface area contributed by atoms with E-state index in [1.54, 1.807) is 0 Å². The number of anilines is 1. The minimum absolute atomic E-state index is 0.149. The van der Waals surface area contributed by atoms with E-state index in [9.17, 15) is 4.79 Å². The van der Waals surface area contributed by atoms with Crippen molar-refractivity contribution in [2.24, 2.45) is 11.3 Å². The zero-order chi connectivity index (χ0) is 13.3. The molecule has 1 aromatic carbocycles. The second kappa shape index (κ2) is 4.71. The number of terminal acetylenes is 1. The predicted octanol–water partition coefficient (Wildman–Crippen LogP) is 2.00. The van der Waals surface area contributed by atoms with E-state index < -0.39 is 0 Å². The van der Waals surface area contributed by atoms with Crippen LogP contribution in [0, 0.1) is 23.7 Å². The van der Waals surface area contributed by atoms with Crippen molar-refractivity contribution >= 4 is 11.6 Å². The lowest BCUT2D eigenvalue weighted by atomic mass is 9.92. The molecule has 2 fully saturated rings. The summed E-state index contributed by atoms with van der Waals surface area (Å²) >= 11 is 0. The maximum atomic E-state index is 12.3. The van der Waals surface area contributed by atoms with Crippen LogP contribution in [0.25, 0.3) is 0 Å². The average Bonchev–Trinajstić information content (AvgIpc) is 3.13. The molecule has 1 aliphatic carbocycles. The normalized spacial score (nSPS) is 23.6. The molecule has 1 saturated heterocycles. The standard InChI is InChI=1S/C16H18N2O/c1-2-12-4-3-5-13(10-12)18-15(19)14-11-16(14)6-8-17-9-7-16/h1,3-5,10,14,17H,6-9,11H2,(H,18,19). The predicted molar refractivity (Wildman–Crippen MR) is 75.7 cm³/mol. The van der Waals surface area contributed by atoms with Gasteiger partial charge in [0.25, 0.3) is 0 Å². The summed E-state index contributed by atoms with van der Waals surface area (Å²) in [7, 11) is 0. The van der Waals surface area contributed by atoms with E-state index in [1.807, 2.05) is 24.3 Å². The Balaban J connectivity index is 1.65. The lowest BCUT2D eigenvalue weighted by molar-refractivity contribution is -0.118. The SMILES string of the molecule is C#Cc1cccc(NC(=O)C2CC23CCNCC3)c1. The van der Waals surface area contributed by atoms with Crippen molar-refractivity contribution in [3.05, 3.63) is 29.8 Å². The Morgan fingerprint density at radius 2 is 2.21 bits per heavy atom. The number of carbonyl (C=O) groups is 1. The number of hydrogen-bond acceptors (Lipinski definition) is 2. The van der Waals surface area contributed by atoms with Gasteiger partial charge in [0.1, 0.15) is 0 Å². The third kappa shape index (κ3) is 2.36. The first-order valence-corrected chi connectivity index (χ1v) is 6.82. The Morgan fingerprint density at radius 1 is 1.42 bits per heavy atom. The molecule has 1 saturated carbocycles. The fourth-order valence-corrected chi connectivity index (χ4v) is 3.11. The zero-order valence-electron chi connectivity index (χ0n) is 10.9. The topological polar surface area (TPSA) is 41.1 Å². The van der Waals surface area contributed by atoms with Crippen LogP contribution in [0.4, 0.5) is 5.69 Å². The number of rotatable bonds is 2. The molecule has 2 N–H and O–H groups in total. The number of hydrogen-bond donors (Lipinski definition) is 2. The van der Waals surface area contributed by atoms with Gasteiger partial charge < -0.3 is 10.6 Å². The Labute approximate surface area is 113 Å². The Bertz CT molecular complexity index is 538. The molecule has 3 rings (SSSR count). The van der Waals surface area contributed by atoms with Crippen LogP contribution in [0.2, 0.25) is 0 Å². The van der Waals surface area contributed by atoms with Crippen molar-refractivity contribution < 1.29 is 4.79 Å². The average molecular weight is 254 g/mol. The second-order valence-corrected chi connectivity index (χ2v) is 5.58. The molecular weight excluding hydrogens is 236 g/mol. The summed E-state index contributed by atoms with van der Waals surface area (Å²) in [5, 5.41) is 6.35. The zero-order valence-corrected chi connectivity index (χ0v) is 10.9. The van der Waals surface area contributed by atoms with Gasteiger partial charge in [-0.15, -0.1) is 6.42 Å². The highest BCUT2D eigenvalue weighted by Crippen LogP contribution is 2.58. The van der Waals surface area contributed by atoms with Gasteiger partial charge in [0.05, 0.1) is 0 Å². The van der Waals surface area contributed by atoms with E-state index in [0.29, 0.717) is 0 Å². The van der Waals surface area contributed by atoms with E-state index in [-0.39, 0.29) is 17.2 Å². The number of amides is 1. The maximum Gasteiger partial charge on any atom is 0.228 e. The molecule has 0 aromatic heterocycles. The molecule has 1 unspecified atom stereocenters. The minimum Gasteiger partial charge on any atom is -0.326 e. The van der Waals surface area contributed by atoms with Crippen molar-refractivity contribution in [3.63, 3.8) is 0 Å². The summed E-state index contributed by atoms with van der Waals surface area (Å²) in [6, 6.07) is 7.46. The van der Waals surface area contributed by atoms with E-state index in [2.05, 4.69) is 16.6 Å². The van der Waals surface area contributed by atoms with Crippen LogP contribution in [0.5, 0.6) is 0 Å². The lowest BCUT2D eigenvalue weighted by Crippen LogP contribution is -2.31. The molecule has 0 radical (unpaired) electrons. The van der Waals surface area contributed by atoms with Gasteiger partial charge in [-0.25, -0.2) is 0 Å². The third-order valence-electron chi connectivity index (χ3n) is 4.40. The maximum absolute atomic E-state index is 12.3. The van der Waals surface area contributed by atoms with Gasteiger partial charge in [-0.1, -0.05) is 12.0 Å². The molecule has 3 heteroatoms. The van der Waals surface area contributed by atoms with Crippen molar-refractivity contribution in [2.75, 3.05) is 18.4 Å². The summed E-state index contributed by atoms with van der Waals surface area (Å²) in [5.41, 5.74) is 1.88. The molecule has 2 aliphatic rings. The Hall–Kier alpha value is -1.79. The van der Waals surface area contributed by atoms with Crippen LogP contribution in [-0.4, -0.2) is 19.0 Å². The van der Waals surface area contributed by atoms with Crippen molar-refractivity contribution in [1.29, 1.82) is 0 Å². The smallest absolute Gasteiger partial charge is 0.228 e. The minimum atomic E-state index is 0.149. The van der Waals surface area contributed by atoms with Gasteiger partial charge in [-0.2, -0.15) is 0 Å². The molecule has 0 bridgehead atoms. The van der Waals surface area contributed by atoms with Crippen LogP contribution in [0.3, 0.4) is 0 Å². The summed E-state index contributed by atoms with van der Waals surface area (Å²) < 4.78 is 0. The summed E-state index contributed by atoms with van der Waals surface area (Å²) in [4.78, 5) is 12.3. The van der Waals surface area contributed by atoms with Crippen LogP contribution in [-0.2, 0) is 4.79 Å². The Kier molecular flexibility index (Phi) is 3.04. The van der Waals surface area contributed by atoms with Crippen LogP contribution in [0.1, 0.15) is 24.8 Å². The molecule has 1 spiro atoms. The largest absolute Gasteiger partial charge is 0.326 e. The van der Waals surface area contributed by atoms with E-state index >= 15 is 0 Å². The molecule has 1 amide bonds. The second-order valence-electron chi connectivity index (χ2n) is 5.58. The molecule has 1 aliphatic heterocycles. The quantitative estimate of drug-likeness (QED) is 0.793. The van der Waals surface area contributed by atoms with Crippen LogP contribution >= 0.6 is 0 Å². The molecule has 19 heavy (non-hydrogen) atoms. The van der Waals surface area contributed by atoms with Gasteiger partial charge in [-0.3, -0.25) is 4.79 Å². The number of piperidine rings is 1. The van der Waals surface area contributed by atoms with Crippen LogP contribution in [0.15, 0.2) is 24.3 Å². The molecule has 98 valence electrons. The molecule has 1 aromatic rings. The van der Waals surface area contributed by atoms with E-state index in [0.717, 1.165) is 43.6 Å². The van der Waals surface area contributed by atoms with Crippen molar-refractivity contribution in [3.8, 4) is 12.3 Å². The van der Waals surface area contributed by atoms with Gasteiger partial charge in [0.2, 0.25) is 5.91 Å². The molecule has 1 heterocycles. The highest BCUT2D eigenvalue weighted by Gasteiger charge is 2.57. The van der Waals surface area contributed by atoms with E-state index in [4.69, 9.17) is 6.42 Å². The van der Waals surface area contributed by atoms with Crippen molar-refractivity contribution in [1.82, 2.24) is 5.32 Å². The van der Waals surface area contributed by atoms with Crippen LogP contribution < -0.4 is 10.6 Å². The van der Waals surface area contributed by atoms with Gasteiger partial charge in [0.15, 0.2) is 0 Å². The lowest BCUT2D eigenvalue weighted by Gasteiger charge is -2.23. The van der Waals surface area contributed by atoms with Gasteiger partial charge >= 0.3 is 0 Å². The third-order valence-corrected chi connectivity index (χ3v) is 4.40. The Morgan fingerprint density at radius 3 is 2.95 bits per heavy atom. The first-order chi connectivity index (χ1) is 9.23. The fourth-order valence-electron chi connectivity index (χ4n) is 3.11. The highest BCUT2D eigenvalue weighted by atomic mass is 16.2. The summed E-state index contributed by atoms with van der Waals surface area (Å²) in [5.74, 6) is 2.92. The number of benzene rings is 1. The summed E-state index contributed by atoms with van der Waals surface area (Å²) in [6.07, 6.45) is 8.64. The molecule has 3 nitrogen and oxygen atoms in total. The highest BCUT2D eigenvalue weighted by molar-refractivity contribution is 5.95. The van der Waals surface area contributed by atoms with Crippen molar-refractivity contribution in [2.45, 2.75) is 19.3 Å². The first kappa shape index (κ1) is 12.3. The van der Waals surface area contributed by atoms with Gasteiger partial charge in [0, 0.05) is 17.2 Å². The van der Waals surface area contributed by atoms with Gasteiger partial charge in [-0.05, 0) is 56.0 Å². The molecular formula is C16H18N2O. The first-order valence-electron chi connectivity index (χ1n) is 6.82. The number of nitrogens with one attached hydrogen (secondary N) is 2. The number of carbonyl (C=O) groups excluding carboxylic acids is 1.